The minimum atomic E-state index is -0.933. The van der Waals surface area contributed by atoms with Crippen LogP contribution in [0.15, 0.2) is 53.7 Å². The van der Waals surface area contributed by atoms with Gasteiger partial charge >= 0.3 is 0 Å². The first-order valence-corrected chi connectivity index (χ1v) is 10.2. The lowest BCUT2D eigenvalue weighted by Crippen LogP contribution is -2.42. The summed E-state index contributed by atoms with van der Waals surface area (Å²) in [6.45, 7) is 1.02. The van der Waals surface area contributed by atoms with Crippen LogP contribution in [0.1, 0.15) is 6.42 Å². The van der Waals surface area contributed by atoms with E-state index in [1.54, 1.807) is 43.5 Å². The van der Waals surface area contributed by atoms with Crippen molar-refractivity contribution in [3.8, 4) is 5.75 Å². The van der Waals surface area contributed by atoms with Crippen molar-refractivity contribution >= 4 is 34.6 Å². The molecule has 0 aliphatic carbocycles. The number of methoxy groups -OCH3 is 2. The normalized spacial score (nSPS) is 13.7. The van der Waals surface area contributed by atoms with Gasteiger partial charge in [0.15, 0.2) is 0 Å². The molecule has 0 spiro atoms. The first kappa shape index (κ1) is 23.7. The second-order valence-electron chi connectivity index (χ2n) is 7.24. The van der Waals surface area contributed by atoms with Gasteiger partial charge in [0, 0.05) is 37.1 Å². The monoisotopic (exact) mass is 455 g/mol. The van der Waals surface area contributed by atoms with Crippen LogP contribution in [0.25, 0.3) is 0 Å². The number of anilines is 3. The summed E-state index contributed by atoms with van der Waals surface area (Å²) in [7, 11) is 3.09. The number of halogens is 1. The number of amides is 2. The van der Waals surface area contributed by atoms with E-state index in [-0.39, 0.29) is 24.2 Å². The quantitative estimate of drug-likeness (QED) is 0.322. The Morgan fingerprint density at radius 3 is 2.55 bits per heavy atom. The lowest BCUT2D eigenvalue weighted by atomic mass is 9.98. The van der Waals surface area contributed by atoms with Crippen LogP contribution in [0.5, 0.6) is 5.75 Å². The van der Waals surface area contributed by atoms with E-state index in [1.165, 1.54) is 18.1 Å². The van der Waals surface area contributed by atoms with E-state index in [2.05, 4.69) is 10.6 Å². The molecule has 0 bridgehead atoms. The van der Waals surface area contributed by atoms with Gasteiger partial charge in [-0.2, -0.15) is 0 Å². The summed E-state index contributed by atoms with van der Waals surface area (Å²) in [5, 5.41) is 14.0. The number of hydrogen-bond acceptors (Lipinski definition) is 7. The lowest BCUT2D eigenvalue weighted by Gasteiger charge is -2.31. The van der Waals surface area contributed by atoms with Gasteiger partial charge in [0.05, 0.1) is 19.4 Å². The van der Waals surface area contributed by atoms with Gasteiger partial charge in [-0.25, -0.2) is 4.39 Å². The molecule has 9 nitrogen and oxygen atoms in total. The summed E-state index contributed by atoms with van der Waals surface area (Å²) in [4.78, 5) is 26.4. The predicted molar refractivity (Wildman–Crippen MR) is 124 cm³/mol. The topological polar surface area (TPSA) is 130 Å². The highest BCUT2D eigenvalue weighted by atomic mass is 19.1. The average molecular weight is 455 g/mol. The highest BCUT2D eigenvalue weighted by Crippen LogP contribution is 2.29. The summed E-state index contributed by atoms with van der Waals surface area (Å²) < 4.78 is 24.7. The van der Waals surface area contributed by atoms with Crippen molar-refractivity contribution in [1.29, 1.82) is 5.41 Å². The number of nitrogens with zero attached hydrogens (tertiary/aromatic N) is 1. The SMILES string of the molecule is COCCNc1ccc(N2CCC(C(=N)C(N)=O)=C(Nc3ccc(OC)cc3)C2=O)cc1F. The van der Waals surface area contributed by atoms with Crippen LogP contribution in [-0.2, 0) is 14.3 Å². The molecular formula is C23H26FN5O4. The Bertz CT molecular complexity index is 1080. The standard InChI is InChI=1S/C23H26FN5O4/c1-32-12-10-27-19-8-5-15(13-18(19)24)29-11-9-17(20(25)22(26)30)21(23(29)31)28-14-3-6-16(33-2)7-4-14/h3-8,13,25,27-28H,9-12H2,1-2H3,(H2,26,30). The second-order valence-corrected chi connectivity index (χ2v) is 7.24. The summed E-state index contributed by atoms with van der Waals surface area (Å²) in [6, 6.07) is 11.3. The Morgan fingerprint density at radius 1 is 1.21 bits per heavy atom. The third-order valence-electron chi connectivity index (χ3n) is 5.14. The smallest absolute Gasteiger partial charge is 0.275 e. The van der Waals surface area contributed by atoms with E-state index in [4.69, 9.17) is 20.6 Å². The van der Waals surface area contributed by atoms with Gasteiger partial charge in [-0.1, -0.05) is 0 Å². The van der Waals surface area contributed by atoms with Crippen LogP contribution < -0.4 is 26.0 Å². The molecule has 2 aromatic rings. The number of nitrogens with two attached hydrogens (primary N) is 1. The van der Waals surface area contributed by atoms with Gasteiger partial charge in [0.25, 0.3) is 11.8 Å². The maximum atomic E-state index is 14.6. The molecule has 0 fully saturated rings. The predicted octanol–water partition coefficient (Wildman–Crippen LogP) is 2.50. The Kier molecular flexibility index (Phi) is 7.62. The first-order valence-electron chi connectivity index (χ1n) is 10.2. The van der Waals surface area contributed by atoms with Crippen LogP contribution in [0.2, 0.25) is 0 Å². The van der Waals surface area contributed by atoms with Crippen molar-refractivity contribution in [3.05, 3.63) is 59.6 Å². The van der Waals surface area contributed by atoms with Crippen molar-refractivity contribution in [3.63, 3.8) is 0 Å². The number of rotatable bonds is 10. The molecule has 0 saturated carbocycles. The fraction of sp³-hybridized carbons (Fsp3) is 0.261. The summed E-state index contributed by atoms with van der Waals surface area (Å²) in [6.07, 6.45) is 0.196. The first-order chi connectivity index (χ1) is 15.8. The minimum absolute atomic E-state index is 0.0397. The molecule has 0 radical (unpaired) electrons. The molecule has 0 saturated heterocycles. The van der Waals surface area contributed by atoms with E-state index in [9.17, 15) is 14.0 Å². The van der Waals surface area contributed by atoms with Crippen molar-refractivity contribution in [1.82, 2.24) is 0 Å². The Balaban J connectivity index is 1.91. The summed E-state index contributed by atoms with van der Waals surface area (Å²) in [5.41, 5.74) is 6.32. The van der Waals surface area contributed by atoms with Crippen LogP contribution in [0.4, 0.5) is 21.5 Å². The number of carbonyl (C=O) groups excluding carboxylic acids is 2. The van der Waals surface area contributed by atoms with Crippen molar-refractivity contribution in [2.45, 2.75) is 6.42 Å². The molecule has 10 heteroatoms. The van der Waals surface area contributed by atoms with Gasteiger partial charge < -0.3 is 30.7 Å². The maximum absolute atomic E-state index is 14.6. The third-order valence-corrected chi connectivity index (χ3v) is 5.14. The Morgan fingerprint density at radius 2 is 1.94 bits per heavy atom. The van der Waals surface area contributed by atoms with E-state index >= 15 is 0 Å². The fourth-order valence-electron chi connectivity index (χ4n) is 3.41. The van der Waals surface area contributed by atoms with Crippen LogP contribution in [0, 0.1) is 11.2 Å². The number of hydrogen-bond donors (Lipinski definition) is 4. The molecule has 2 amide bonds. The molecular weight excluding hydrogens is 429 g/mol. The molecule has 0 atom stereocenters. The molecule has 1 aliphatic heterocycles. The number of nitrogens with one attached hydrogen (secondary N) is 3. The van der Waals surface area contributed by atoms with Crippen molar-refractivity contribution < 1.29 is 23.5 Å². The van der Waals surface area contributed by atoms with Gasteiger partial charge in [-0.3, -0.25) is 15.0 Å². The molecule has 1 heterocycles. The Hall–Kier alpha value is -3.92. The number of primary amides is 1. The zero-order chi connectivity index (χ0) is 24.0. The van der Waals surface area contributed by atoms with E-state index in [0.717, 1.165) is 0 Å². The van der Waals surface area contributed by atoms with Crippen LogP contribution >= 0.6 is 0 Å². The maximum Gasteiger partial charge on any atom is 0.275 e. The third kappa shape index (κ3) is 5.47. The van der Waals surface area contributed by atoms with E-state index in [1.807, 2.05) is 0 Å². The number of carbonyl (C=O) groups is 2. The number of benzene rings is 2. The fourth-order valence-corrected chi connectivity index (χ4v) is 3.41. The van der Waals surface area contributed by atoms with Gasteiger partial charge in [-0.15, -0.1) is 0 Å². The molecule has 33 heavy (non-hydrogen) atoms. The molecule has 3 rings (SSSR count). The van der Waals surface area contributed by atoms with Crippen LogP contribution in [-0.4, -0.2) is 51.4 Å². The molecule has 174 valence electrons. The molecule has 2 aromatic carbocycles. The van der Waals surface area contributed by atoms with E-state index in [0.29, 0.717) is 36.0 Å². The summed E-state index contributed by atoms with van der Waals surface area (Å²) >= 11 is 0. The van der Waals surface area contributed by atoms with Gasteiger partial charge in [0.1, 0.15) is 23.0 Å². The highest BCUT2D eigenvalue weighted by molar-refractivity contribution is 6.44. The average Bonchev–Trinajstić information content (AvgIpc) is 2.81. The van der Waals surface area contributed by atoms with Crippen LogP contribution in [0.3, 0.4) is 0 Å². The van der Waals surface area contributed by atoms with E-state index < -0.39 is 23.3 Å². The summed E-state index contributed by atoms with van der Waals surface area (Å²) in [5.74, 6) is -1.32. The zero-order valence-corrected chi connectivity index (χ0v) is 18.4. The molecule has 5 N–H and O–H groups in total. The highest BCUT2D eigenvalue weighted by Gasteiger charge is 2.32. The van der Waals surface area contributed by atoms with Gasteiger partial charge in [-0.05, 0) is 48.9 Å². The number of ether oxygens (including phenoxy) is 2. The largest absolute Gasteiger partial charge is 0.497 e. The van der Waals surface area contributed by atoms with Gasteiger partial charge in [0.2, 0.25) is 0 Å². The molecule has 0 unspecified atom stereocenters. The zero-order valence-electron chi connectivity index (χ0n) is 18.4. The lowest BCUT2D eigenvalue weighted by molar-refractivity contribution is -0.115. The Labute approximate surface area is 190 Å². The van der Waals surface area contributed by atoms with Crippen molar-refractivity contribution in [2.24, 2.45) is 5.73 Å². The van der Waals surface area contributed by atoms with Crippen molar-refractivity contribution in [2.75, 3.05) is 49.4 Å². The molecule has 0 aromatic heterocycles. The molecule has 1 aliphatic rings. The second kappa shape index (κ2) is 10.6. The minimum Gasteiger partial charge on any atom is -0.497 e.